The highest BCUT2D eigenvalue weighted by Crippen LogP contribution is 2.16. The van der Waals surface area contributed by atoms with Crippen molar-refractivity contribution < 1.29 is 5.21 Å². The van der Waals surface area contributed by atoms with Crippen LogP contribution in [0.5, 0.6) is 0 Å². The third-order valence-electron chi connectivity index (χ3n) is 1.65. The van der Waals surface area contributed by atoms with Crippen LogP contribution in [0, 0.1) is 0 Å². The summed E-state index contributed by atoms with van der Waals surface area (Å²) in [6.07, 6.45) is 1.40. The normalized spacial score (nSPS) is 9.07. The Morgan fingerprint density at radius 3 is 2.57 bits per heavy atom. The van der Waals surface area contributed by atoms with Gasteiger partial charge in [0.05, 0.1) is 5.52 Å². The van der Waals surface area contributed by atoms with Crippen LogP contribution in [-0.4, -0.2) is 15.2 Å². The first-order valence-corrected chi connectivity index (χ1v) is 4.51. The molecule has 1 heterocycles. The second kappa shape index (κ2) is 5.14. The molecule has 4 heteroatoms. The highest BCUT2D eigenvalue weighted by Gasteiger charge is 1.99. The molecule has 0 unspecified atom stereocenters. The lowest BCUT2D eigenvalue weighted by atomic mass is 10.2. The van der Waals surface area contributed by atoms with Crippen LogP contribution in [0.1, 0.15) is 13.8 Å². The van der Waals surface area contributed by atoms with Gasteiger partial charge in [-0.15, -0.1) is 0 Å². The van der Waals surface area contributed by atoms with Crippen molar-refractivity contribution >= 4 is 16.7 Å². The second-order valence-electron chi connectivity index (χ2n) is 2.35. The molecule has 4 nitrogen and oxygen atoms in total. The number of anilines is 1. The molecular formula is C10H13N3O. The Kier molecular flexibility index (Phi) is 3.82. The van der Waals surface area contributed by atoms with Crippen molar-refractivity contribution in [1.82, 2.24) is 9.97 Å². The number of nitrogens with zero attached hydrogens (tertiary/aromatic N) is 2. The zero-order valence-electron chi connectivity index (χ0n) is 8.23. The molecule has 0 bridgehead atoms. The molecule has 0 aliphatic heterocycles. The minimum atomic E-state index is 0.431. The Hall–Kier alpha value is -1.68. The number of rotatable bonds is 1. The molecule has 0 radical (unpaired) electrons. The summed E-state index contributed by atoms with van der Waals surface area (Å²) < 4.78 is 0. The van der Waals surface area contributed by atoms with E-state index in [4.69, 9.17) is 5.21 Å². The number of fused-ring (bicyclic) bond motifs is 1. The van der Waals surface area contributed by atoms with E-state index in [-0.39, 0.29) is 0 Å². The molecule has 1 aromatic heterocycles. The van der Waals surface area contributed by atoms with Gasteiger partial charge < -0.3 is 0 Å². The summed E-state index contributed by atoms with van der Waals surface area (Å²) in [5.74, 6) is 0.431. The fraction of sp³-hybridized carbons (Fsp3) is 0.200. The van der Waals surface area contributed by atoms with E-state index < -0.39 is 0 Å². The molecule has 2 N–H and O–H groups in total. The van der Waals surface area contributed by atoms with Crippen LogP contribution in [0.3, 0.4) is 0 Å². The Bertz CT molecular complexity index is 398. The van der Waals surface area contributed by atoms with Crippen LogP contribution >= 0.6 is 0 Å². The zero-order valence-corrected chi connectivity index (χ0v) is 8.23. The minimum absolute atomic E-state index is 0.431. The maximum Gasteiger partial charge on any atom is 0.160 e. The lowest BCUT2D eigenvalue weighted by Gasteiger charge is -2.00. The van der Waals surface area contributed by atoms with Gasteiger partial charge in [-0.25, -0.2) is 9.97 Å². The molecule has 2 rings (SSSR count). The van der Waals surface area contributed by atoms with E-state index in [1.807, 2.05) is 43.6 Å². The molecule has 2 aromatic rings. The first-order chi connectivity index (χ1) is 6.92. The van der Waals surface area contributed by atoms with Gasteiger partial charge in [0.2, 0.25) is 0 Å². The Morgan fingerprint density at radius 1 is 1.14 bits per heavy atom. The smallest absolute Gasteiger partial charge is 0.160 e. The van der Waals surface area contributed by atoms with Gasteiger partial charge in [-0.05, 0) is 12.1 Å². The molecule has 74 valence electrons. The van der Waals surface area contributed by atoms with Crippen LogP contribution in [0.2, 0.25) is 0 Å². The van der Waals surface area contributed by atoms with Crippen molar-refractivity contribution in [3.8, 4) is 0 Å². The molecular weight excluding hydrogens is 178 g/mol. The third-order valence-corrected chi connectivity index (χ3v) is 1.65. The summed E-state index contributed by atoms with van der Waals surface area (Å²) in [6, 6.07) is 7.45. The number of para-hydroxylation sites is 1. The van der Waals surface area contributed by atoms with Crippen LogP contribution < -0.4 is 5.48 Å². The average Bonchev–Trinajstić information content (AvgIpc) is 2.31. The topological polar surface area (TPSA) is 58.0 Å². The SMILES string of the molecule is CC.ONc1ncnc2ccccc12. The predicted molar refractivity (Wildman–Crippen MR) is 56.3 cm³/mol. The van der Waals surface area contributed by atoms with E-state index in [0.29, 0.717) is 5.82 Å². The van der Waals surface area contributed by atoms with Crippen molar-refractivity contribution in [1.29, 1.82) is 0 Å². The zero-order chi connectivity index (χ0) is 10.4. The van der Waals surface area contributed by atoms with Gasteiger partial charge in [0.1, 0.15) is 6.33 Å². The van der Waals surface area contributed by atoms with E-state index in [1.54, 1.807) is 0 Å². The number of nitrogens with one attached hydrogen (secondary N) is 1. The van der Waals surface area contributed by atoms with Crippen LogP contribution in [0.15, 0.2) is 30.6 Å². The van der Waals surface area contributed by atoms with Crippen molar-refractivity contribution in [3.05, 3.63) is 30.6 Å². The predicted octanol–water partition coefficient (Wildman–Crippen LogP) is 2.46. The van der Waals surface area contributed by atoms with Gasteiger partial charge in [0.25, 0.3) is 0 Å². The monoisotopic (exact) mass is 191 g/mol. The van der Waals surface area contributed by atoms with Gasteiger partial charge in [-0.1, -0.05) is 26.0 Å². The van der Waals surface area contributed by atoms with Crippen molar-refractivity contribution in [2.45, 2.75) is 13.8 Å². The van der Waals surface area contributed by atoms with Crippen molar-refractivity contribution in [3.63, 3.8) is 0 Å². The largest absolute Gasteiger partial charge is 0.290 e. The fourth-order valence-electron chi connectivity index (χ4n) is 1.09. The Morgan fingerprint density at radius 2 is 1.86 bits per heavy atom. The summed E-state index contributed by atoms with van der Waals surface area (Å²) in [4.78, 5) is 7.88. The van der Waals surface area contributed by atoms with E-state index in [1.165, 1.54) is 6.33 Å². The van der Waals surface area contributed by atoms with Crippen molar-refractivity contribution in [2.75, 3.05) is 5.48 Å². The summed E-state index contributed by atoms with van der Waals surface area (Å²) >= 11 is 0. The first-order valence-electron chi connectivity index (χ1n) is 4.51. The number of hydrogen-bond donors (Lipinski definition) is 2. The van der Waals surface area contributed by atoms with Gasteiger partial charge in [-0.2, -0.15) is 0 Å². The summed E-state index contributed by atoms with van der Waals surface area (Å²) in [5.41, 5.74) is 2.83. The lowest BCUT2D eigenvalue weighted by Crippen LogP contribution is -1.94. The Labute approximate surface area is 82.6 Å². The number of hydrogen-bond acceptors (Lipinski definition) is 4. The molecule has 0 aliphatic rings. The highest BCUT2D eigenvalue weighted by molar-refractivity contribution is 5.88. The maximum atomic E-state index is 8.70. The average molecular weight is 191 g/mol. The molecule has 0 aliphatic carbocycles. The van der Waals surface area contributed by atoms with Gasteiger partial charge in [0.15, 0.2) is 5.82 Å². The van der Waals surface area contributed by atoms with E-state index in [0.717, 1.165) is 10.9 Å². The van der Waals surface area contributed by atoms with E-state index in [2.05, 4.69) is 9.97 Å². The fourth-order valence-corrected chi connectivity index (χ4v) is 1.09. The first kappa shape index (κ1) is 10.4. The molecule has 14 heavy (non-hydrogen) atoms. The molecule has 1 aromatic carbocycles. The molecule has 0 amide bonds. The Balaban J connectivity index is 0.000000461. The highest BCUT2D eigenvalue weighted by atomic mass is 16.5. The van der Waals surface area contributed by atoms with Gasteiger partial charge in [0, 0.05) is 5.39 Å². The van der Waals surface area contributed by atoms with Crippen LogP contribution in [0.25, 0.3) is 10.9 Å². The second-order valence-corrected chi connectivity index (χ2v) is 2.35. The third kappa shape index (κ3) is 1.97. The molecule has 0 spiro atoms. The van der Waals surface area contributed by atoms with Gasteiger partial charge in [-0.3, -0.25) is 10.7 Å². The molecule has 0 saturated heterocycles. The molecule has 0 fully saturated rings. The van der Waals surface area contributed by atoms with Crippen LogP contribution in [0.4, 0.5) is 5.82 Å². The summed E-state index contributed by atoms with van der Waals surface area (Å²) in [5, 5.41) is 9.50. The molecule has 0 saturated carbocycles. The van der Waals surface area contributed by atoms with Crippen LogP contribution in [-0.2, 0) is 0 Å². The number of aromatic nitrogens is 2. The van der Waals surface area contributed by atoms with E-state index in [9.17, 15) is 0 Å². The lowest BCUT2D eigenvalue weighted by molar-refractivity contribution is 0.387. The number of benzene rings is 1. The molecule has 0 atom stereocenters. The summed E-state index contributed by atoms with van der Waals surface area (Å²) in [7, 11) is 0. The minimum Gasteiger partial charge on any atom is -0.290 e. The maximum absolute atomic E-state index is 8.70. The van der Waals surface area contributed by atoms with E-state index >= 15 is 0 Å². The summed E-state index contributed by atoms with van der Waals surface area (Å²) in [6.45, 7) is 4.00. The van der Waals surface area contributed by atoms with Crippen molar-refractivity contribution in [2.24, 2.45) is 0 Å². The quantitative estimate of drug-likeness (QED) is 0.680. The standard InChI is InChI=1S/C8H7N3O.C2H6/c12-11-8-6-3-1-2-4-7(6)9-5-10-8;1-2/h1-5,12H,(H,9,10,11);1-2H3. The van der Waals surface area contributed by atoms with Gasteiger partial charge >= 0.3 is 0 Å².